The van der Waals surface area contributed by atoms with E-state index >= 15 is 0 Å². The third-order valence-electron chi connectivity index (χ3n) is 4.45. The summed E-state index contributed by atoms with van der Waals surface area (Å²) in [5, 5.41) is 11.1. The van der Waals surface area contributed by atoms with Crippen LogP contribution in [0.4, 0.5) is 4.79 Å². The van der Waals surface area contributed by atoms with Gasteiger partial charge in [0.1, 0.15) is 18.8 Å². The number of piperazine rings is 1. The Morgan fingerprint density at radius 2 is 2.17 bits per heavy atom. The van der Waals surface area contributed by atoms with Crippen molar-refractivity contribution in [1.29, 1.82) is 0 Å². The highest BCUT2D eigenvalue weighted by molar-refractivity contribution is 5.85. The van der Waals surface area contributed by atoms with Crippen molar-refractivity contribution in [2.24, 2.45) is 5.16 Å². The summed E-state index contributed by atoms with van der Waals surface area (Å²) in [5.41, 5.74) is 1.07. The molecule has 132 valence electrons. The van der Waals surface area contributed by atoms with E-state index in [2.05, 4.69) is 32.4 Å². The molecule has 9 nitrogen and oxygen atoms in total. The first-order valence-electron chi connectivity index (χ1n) is 8.53. The molecule has 2 amide bonds. The van der Waals surface area contributed by atoms with Crippen LogP contribution in [0.3, 0.4) is 0 Å². The predicted molar refractivity (Wildman–Crippen MR) is 88.6 cm³/mol. The van der Waals surface area contributed by atoms with Gasteiger partial charge in [-0.05, 0) is 6.42 Å². The second kappa shape index (κ2) is 8.09. The van der Waals surface area contributed by atoms with E-state index in [0.29, 0.717) is 6.54 Å². The highest BCUT2D eigenvalue weighted by Crippen LogP contribution is 2.11. The normalized spacial score (nSPS) is 21.5. The molecule has 3 rings (SSSR count). The largest absolute Gasteiger partial charge is 0.390 e. The Labute approximate surface area is 141 Å². The third kappa shape index (κ3) is 4.44. The van der Waals surface area contributed by atoms with Crippen LogP contribution in [0.5, 0.6) is 0 Å². The summed E-state index contributed by atoms with van der Waals surface area (Å²) >= 11 is 0. The average molecular weight is 335 g/mol. The van der Waals surface area contributed by atoms with Crippen molar-refractivity contribution in [1.82, 2.24) is 29.9 Å². The molecular weight excluding hydrogens is 310 g/mol. The molecule has 0 saturated carbocycles. The van der Waals surface area contributed by atoms with Crippen molar-refractivity contribution < 1.29 is 9.63 Å². The smallest absolute Gasteiger partial charge is 0.317 e. The second-order valence-corrected chi connectivity index (χ2v) is 6.12. The van der Waals surface area contributed by atoms with Crippen molar-refractivity contribution >= 4 is 11.7 Å². The molecule has 0 unspecified atom stereocenters. The summed E-state index contributed by atoms with van der Waals surface area (Å²) in [7, 11) is 0. The van der Waals surface area contributed by atoms with Crippen molar-refractivity contribution in [2.45, 2.75) is 32.4 Å². The molecule has 1 fully saturated rings. The van der Waals surface area contributed by atoms with Crippen LogP contribution in [-0.4, -0.2) is 81.7 Å². The first kappa shape index (κ1) is 16.7. The van der Waals surface area contributed by atoms with Gasteiger partial charge in [-0.3, -0.25) is 9.58 Å². The topological polar surface area (TPSA) is 87.9 Å². The maximum Gasteiger partial charge on any atom is 0.317 e. The number of hydrogen-bond acceptors (Lipinski definition) is 6. The van der Waals surface area contributed by atoms with E-state index < -0.39 is 0 Å². The number of carbonyl (C=O) groups excluding carboxylic acids is 1. The Morgan fingerprint density at radius 3 is 2.83 bits per heavy atom. The fourth-order valence-corrected chi connectivity index (χ4v) is 2.88. The molecule has 1 aromatic rings. The van der Waals surface area contributed by atoms with Gasteiger partial charge in [-0.25, -0.2) is 9.78 Å². The van der Waals surface area contributed by atoms with E-state index in [0.717, 1.165) is 57.8 Å². The van der Waals surface area contributed by atoms with Gasteiger partial charge in [-0.15, -0.1) is 0 Å². The maximum absolute atomic E-state index is 12.2. The lowest BCUT2D eigenvalue weighted by atomic mass is 10.1. The minimum absolute atomic E-state index is 0.0144. The fourth-order valence-electron chi connectivity index (χ4n) is 2.88. The van der Waals surface area contributed by atoms with Crippen LogP contribution >= 0.6 is 0 Å². The molecule has 3 heterocycles. The van der Waals surface area contributed by atoms with Crippen LogP contribution in [0.2, 0.25) is 0 Å². The average Bonchev–Trinajstić information content (AvgIpc) is 3.29. The van der Waals surface area contributed by atoms with E-state index in [1.54, 1.807) is 12.7 Å². The molecular formula is C15H25N7O2. The molecule has 2 aliphatic heterocycles. The van der Waals surface area contributed by atoms with Gasteiger partial charge in [0.05, 0.1) is 18.8 Å². The molecule has 1 N–H and O–H groups in total. The van der Waals surface area contributed by atoms with Gasteiger partial charge >= 0.3 is 6.03 Å². The van der Waals surface area contributed by atoms with Crippen molar-refractivity contribution in [3.63, 3.8) is 0 Å². The Bertz CT molecular complexity index is 552. The Morgan fingerprint density at radius 1 is 1.33 bits per heavy atom. The lowest BCUT2D eigenvalue weighted by Gasteiger charge is -2.34. The summed E-state index contributed by atoms with van der Waals surface area (Å²) in [5.74, 6) is 0. The van der Waals surface area contributed by atoms with E-state index in [1.165, 1.54) is 0 Å². The van der Waals surface area contributed by atoms with Crippen LogP contribution in [-0.2, 0) is 11.4 Å². The van der Waals surface area contributed by atoms with E-state index in [4.69, 9.17) is 4.84 Å². The van der Waals surface area contributed by atoms with Crippen LogP contribution in [0.15, 0.2) is 17.8 Å². The molecule has 0 spiro atoms. The predicted octanol–water partition coefficient (Wildman–Crippen LogP) is 0.160. The van der Waals surface area contributed by atoms with Gasteiger partial charge in [0, 0.05) is 39.1 Å². The Kier molecular flexibility index (Phi) is 5.63. The van der Waals surface area contributed by atoms with Crippen LogP contribution < -0.4 is 5.32 Å². The molecule has 1 atom stereocenters. The first-order valence-corrected chi connectivity index (χ1v) is 8.53. The highest BCUT2D eigenvalue weighted by Gasteiger charge is 2.24. The molecule has 24 heavy (non-hydrogen) atoms. The molecule has 9 heteroatoms. The first-order chi connectivity index (χ1) is 11.7. The summed E-state index contributed by atoms with van der Waals surface area (Å²) in [4.78, 5) is 25.7. The summed E-state index contributed by atoms with van der Waals surface area (Å²) in [6.07, 6.45) is 4.97. The standard InChI is InChI=1S/C15H25N7O2/c1-2-13-9-14(24-19-13)10-17-15(23)21-6-3-20(4-7-21)5-8-22-12-16-11-18-22/h11-12,14H,2-10H2,1H3,(H,17,23)/t14-/m1/s1. The molecule has 1 saturated heterocycles. The quantitative estimate of drug-likeness (QED) is 0.800. The van der Waals surface area contributed by atoms with E-state index in [9.17, 15) is 4.79 Å². The lowest BCUT2D eigenvalue weighted by Crippen LogP contribution is -2.53. The molecule has 2 aliphatic rings. The minimum atomic E-state index is -0.0205. The Balaban J connectivity index is 1.32. The van der Waals surface area contributed by atoms with Gasteiger partial charge < -0.3 is 15.1 Å². The van der Waals surface area contributed by atoms with Gasteiger partial charge in [0.25, 0.3) is 0 Å². The van der Waals surface area contributed by atoms with Gasteiger partial charge in [0.2, 0.25) is 0 Å². The number of aromatic nitrogens is 3. The van der Waals surface area contributed by atoms with Crippen molar-refractivity contribution in [3.05, 3.63) is 12.7 Å². The van der Waals surface area contributed by atoms with E-state index in [1.807, 2.05) is 9.58 Å². The number of urea groups is 1. The van der Waals surface area contributed by atoms with Crippen LogP contribution in [0.25, 0.3) is 0 Å². The highest BCUT2D eigenvalue weighted by atomic mass is 16.6. The molecule has 0 aromatic carbocycles. The number of carbonyl (C=O) groups is 1. The Hall–Kier alpha value is -2.16. The minimum Gasteiger partial charge on any atom is -0.390 e. The van der Waals surface area contributed by atoms with Gasteiger partial charge in [0.15, 0.2) is 0 Å². The summed E-state index contributed by atoms with van der Waals surface area (Å²) in [6, 6.07) is -0.0144. The van der Waals surface area contributed by atoms with Crippen molar-refractivity contribution in [3.8, 4) is 0 Å². The maximum atomic E-state index is 12.2. The number of nitrogens with zero attached hydrogens (tertiary/aromatic N) is 6. The third-order valence-corrected chi connectivity index (χ3v) is 4.45. The zero-order valence-corrected chi connectivity index (χ0v) is 14.1. The zero-order valence-electron chi connectivity index (χ0n) is 14.1. The van der Waals surface area contributed by atoms with Crippen LogP contribution in [0, 0.1) is 0 Å². The van der Waals surface area contributed by atoms with Crippen molar-refractivity contribution in [2.75, 3.05) is 39.3 Å². The molecule has 0 aliphatic carbocycles. The molecule has 0 radical (unpaired) electrons. The van der Waals surface area contributed by atoms with Gasteiger partial charge in [-0.2, -0.15) is 5.10 Å². The monoisotopic (exact) mass is 335 g/mol. The zero-order chi connectivity index (χ0) is 16.8. The molecule has 1 aromatic heterocycles. The number of oxime groups is 1. The van der Waals surface area contributed by atoms with Crippen LogP contribution in [0.1, 0.15) is 19.8 Å². The lowest BCUT2D eigenvalue weighted by molar-refractivity contribution is 0.0827. The van der Waals surface area contributed by atoms with Gasteiger partial charge in [-0.1, -0.05) is 12.1 Å². The number of nitrogens with one attached hydrogen (secondary N) is 1. The molecule has 0 bridgehead atoms. The summed E-state index contributed by atoms with van der Waals surface area (Å²) in [6.45, 7) is 7.56. The number of rotatable bonds is 6. The SMILES string of the molecule is CCC1=NO[C@@H](CNC(=O)N2CCN(CCn3cncn3)CC2)C1. The fraction of sp³-hybridized carbons (Fsp3) is 0.733. The summed E-state index contributed by atoms with van der Waals surface area (Å²) < 4.78 is 1.83. The second-order valence-electron chi connectivity index (χ2n) is 6.12. The number of amides is 2. The number of hydrogen-bond donors (Lipinski definition) is 1. The van der Waals surface area contributed by atoms with E-state index in [-0.39, 0.29) is 12.1 Å².